The van der Waals surface area contributed by atoms with Gasteiger partial charge in [-0.25, -0.2) is 0 Å². The average molecular weight is 224 g/mol. The van der Waals surface area contributed by atoms with Gasteiger partial charge in [0.1, 0.15) is 0 Å². The highest BCUT2D eigenvalue weighted by Gasteiger charge is 2.07. The van der Waals surface area contributed by atoms with Crippen molar-refractivity contribution in [2.75, 3.05) is 19.9 Å². The Kier molecular flexibility index (Phi) is 3.59. The highest BCUT2D eigenvalue weighted by molar-refractivity contribution is 6.31. The van der Waals surface area contributed by atoms with E-state index in [2.05, 4.69) is 21.3 Å². The molecule has 0 amide bonds. The highest BCUT2D eigenvalue weighted by Crippen LogP contribution is 2.15. The number of rotatable bonds is 3. The number of hydrogen-bond donors (Lipinski definition) is 1. The molecule has 0 aliphatic carbocycles. The molecule has 1 aromatic rings. The van der Waals surface area contributed by atoms with Gasteiger partial charge in [-0.1, -0.05) is 29.8 Å². The van der Waals surface area contributed by atoms with Crippen molar-refractivity contribution in [2.45, 2.75) is 6.42 Å². The Morgan fingerprint density at radius 3 is 3.00 bits per heavy atom. The minimum absolute atomic E-state index is 0.775. The fourth-order valence-corrected chi connectivity index (χ4v) is 1.80. The summed E-state index contributed by atoms with van der Waals surface area (Å²) < 4.78 is 0. The van der Waals surface area contributed by atoms with Crippen molar-refractivity contribution in [3.05, 3.63) is 34.9 Å². The van der Waals surface area contributed by atoms with E-state index in [0.717, 1.165) is 31.3 Å². The number of nitrogens with zero attached hydrogens (tertiary/aromatic N) is 2. The highest BCUT2D eigenvalue weighted by atomic mass is 35.5. The van der Waals surface area contributed by atoms with Crippen molar-refractivity contribution in [1.82, 2.24) is 10.2 Å². The van der Waals surface area contributed by atoms with Crippen molar-refractivity contribution in [3.63, 3.8) is 0 Å². The van der Waals surface area contributed by atoms with Gasteiger partial charge in [-0.15, -0.1) is 0 Å². The first kappa shape index (κ1) is 10.5. The van der Waals surface area contributed by atoms with Crippen LogP contribution in [0.25, 0.3) is 0 Å². The molecule has 0 saturated carbocycles. The molecule has 0 radical (unpaired) electrons. The van der Waals surface area contributed by atoms with Crippen LogP contribution >= 0.6 is 11.6 Å². The van der Waals surface area contributed by atoms with Crippen LogP contribution in [0.3, 0.4) is 0 Å². The first-order valence-electron chi connectivity index (χ1n) is 5.04. The molecule has 0 fully saturated rings. The van der Waals surface area contributed by atoms with Crippen LogP contribution in [0.4, 0.5) is 0 Å². The fraction of sp³-hybridized carbons (Fsp3) is 0.364. The molecule has 0 spiro atoms. The maximum absolute atomic E-state index is 6.08. The van der Waals surface area contributed by atoms with E-state index in [9.17, 15) is 0 Å². The standard InChI is InChI=1S/C11H14ClN3/c12-11-4-2-1-3-10(11)5-6-15-8-13-7-14-9-15/h1-4,7H,5-6,8-9H2,(H,13,14). The third-order valence-corrected chi connectivity index (χ3v) is 2.80. The van der Waals surface area contributed by atoms with E-state index in [1.54, 1.807) is 6.34 Å². The molecule has 15 heavy (non-hydrogen) atoms. The second-order valence-corrected chi connectivity index (χ2v) is 3.96. The Bertz CT molecular complexity index is 351. The SMILES string of the molecule is Clc1ccccc1CCN1CN=CNC1. The molecular formula is C11H14ClN3. The summed E-state index contributed by atoms with van der Waals surface area (Å²) in [4.78, 5) is 6.39. The summed E-state index contributed by atoms with van der Waals surface area (Å²) in [6.45, 7) is 2.62. The maximum Gasteiger partial charge on any atom is 0.0940 e. The molecule has 1 aliphatic rings. The zero-order valence-corrected chi connectivity index (χ0v) is 9.24. The maximum atomic E-state index is 6.08. The molecule has 1 heterocycles. The molecule has 0 unspecified atom stereocenters. The quantitative estimate of drug-likeness (QED) is 0.845. The summed E-state index contributed by atoms with van der Waals surface area (Å²) in [6, 6.07) is 7.98. The number of halogens is 1. The van der Waals surface area contributed by atoms with Gasteiger partial charge in [-0.3, -0.25) is 9.89 Å². The van der Waals surface area contributed by atoms with Gasteiger partial charge in [-0.05, 0) is 18.1 Å². The lowest BCUT2D eigenvalue weighted by atomic mass is 10.1. The summed E-state index contributed by atoms with van der Waals surface area (Å²) >= 11 is 6.08. The minimum Gasteiger partial charge on any atom is -0.364 e. The Morgan fingerprint density at radius 1 is 1.40 bits per heavy atom. The number of hydrogen-bond acceptors (Lipinski definition) is 3. The van der Waals surface area contributed by atoms with Crippen molar-refractivity contribution in [1.29, 1.82) is 0 Å². The third-order valence-electron chi connectivity index (χ3n) is 2.43. The van der Waals surface area contributed by atoms with E-state index in [1.165, 1.54) is 5.56 Å². The zero-order chi connectivity index (χ0) is 10.5. The van der Waals surface area contributed by atoms with Gasteiger partial charge >= 0.3 is 0 Å². The van der Waals surface area contributed by atoms with Crippen molar-refractivity contribution in [2.24, 2.45) is 4.99 Å². The first-order chi connectivity index (χ1) is 7.36. The van der Waals surface area contributed by atoms with Gasteiger partial charge in [0.05, 0.1) is 19.7 Å². The Balaban J connectivity index is 1.87. The van der Waals surface area contributed by atoms with Crippen molar-refractivity contribution < 1.29 is 0 Å². The summed E-state index contributed by atoms with van der Waals surface area (Å²) in [5.41, 5.74) is 1.20. The molecule has 0 atom stereocenters. The van der Waals surface area contributed by atoms with Gasteiger partial charge in [0, 0.05) is 11.6 Å². The van der Waals surface area contributed by atoms with Crippen LogP contribution in [0, 0.1) is 0 Å². The van der Waals surface area contributed by atoms with Gasteiger partial charge in [0.2, 0.25) is 0 Å². The van der Waals surface area contributed by atoms with Crippen LogP contribution in [0.2, 0.25) is 5.02 Å². The minimum atomic E-state index is 0.775. The molecular weight excluding hydrogens is 210 g/mol. The van der Waals surface area contributed by atoms with E-state index >= 15 is 0 Å². The number of benzene rings is 1. The third kappa shape index (κ3) is 2.94. The lowest BCUT2D eigenvalue weighted by molar-refractivity contribution is 0.271. The van der Waals surface area contributed by atoms with E-state index < -0.39 is 0 Å². The molecule has 1 aliphatic heterocycles. The second kappa shape index (κ2) is 5.14. The zero-order valence-electron chi connectivity index (χ0n) is 8.49. The smallest absolute Gasteiger partial charge is 0.0940 e. The Hall–Kier alpha value is -1.06. The van der Waals surface area contributed by atoms with E-state index in [-0.39, 0.29) is 0 Å². The molecule has 1 aromatic carbocycles. The van der Waals surface area contributed by atoms with Crippen LogP contribution in [0.5, 0.6) is 0 Å². The largest absolute Gasteiger partial charge is 0.364 e. The molecule has 2 rings (SSSR count). The van der Waals surface area contributed by atoms with Crippen LogP contribution < -0.4 is 5.32 Å². The Labute approximate surface area is 94.8 Å². The molecule has 0 aromatic heterocycles. The lowest BCUT2D eigenvalue weighted by Gasteiger charge is -2.23. The van der Waals surface area contributed by atoms with Gasteiger partial charge in [0.15, 0.2) is 0 Å². The van der Waals surface area contributed by atoms with E-state index in [0.29, 0.717) is 0 Å². The van der Waals surface area contributed by atoms with Crippen LogP contribution in [-0.2, 0) is 6.42 Å². The van der Waals surface area contributed by atoms with E-state index in [4.69, 9.17) is 11.6 Å². The van der Waals surface area contributed by atoms with E-state index in [1.807, 2.05) is 18.2 Å². The summed E-state index contributed by atoms with van der Waals surface area (Å²) in [5.74, 6) is 0. The number of aliphatic imine (C=N–C) groups is 1. The molecule has 3 nitrogen and oxygen atoms in total. The summed E-state index contributed by atoms with van der Waals surface area (Å²) in [7, 11) is 0. The topological polar surface area (TPSA) is 27.6 Å². The fourth-order valence-electron chi connectivity index (χ4n) is 1.57. The average Bonchev–Trinajstić information content (AvgIpc) is 2.29. The number of nitrogens with one attached hydrogen (secondary N) is 1. The second-order valence-electron chi connectivity index (χ2n) is 3.55. The Morgan fingerprint density at radius 2 is 2.27 bits per heavy atom. The first-order valence-corrected chi connectivity index (χ1v) is 5.41. The van der Waals surface area contributed by atoms with Crippen molar-refractivity contribution in [3.8, 4) is 0 Å². The van der Waals surface area contributed by atoms with Crippen LogP contribution in [0.1, 0.15) is 5.56 Å². The van der Waals surface area contributed by atoms with Gasteiger partial charge in [0.25, 0.3) is 0 Å². The lowest BCUT2D eigenvalue weighted by Crippen LogP contribution is -2.39. The van der Waals surface area contributed by atoms with Gasteiger partial charge in [-0.2, -0.15) is 0 Å². The summed E-state index contributed by atoms with van der Waals surface area (Å²) in [5, 5.41) is 3.94. The van der Waals surface area contributed by atoms with Gasteiger partial charge < -0.3 is 5.32 Å². The van der Waals surface area contributed by atoms with Crippen molar-refractivity contribution >= 4 is 17.9 Å². The molecule has 4 heteroatoms. The van der Waals surface area contributed by atoms with Crippen LogP contribution in [0.15, 0.2) is 29.3 Å². The molecule has 80 valence electrons. The molecule has 1 N–H and O–H groups in total. The normalized spacial score (nSPS) is 16.3. The molecule has 0 bridgehead atoms. The monoisotopic (exact) mass is 223 g/mol. The summed E-state index contributed by atoms with van der Waals surface area (Å²) in [6.07, 6.45) is 2.73. The molecule has 0 saturated heterocycles. The predicted molar refractivity (Wildman–Crippen MR) is 63.2 cm³/mol. The van der Waals surface area contributed by atoms with Crippen LogP contribution in [-0.4, -0.2) is 31.1 Å². The predicted octanol–water partition coefficient (Wildman–Crippen LogP) is 1.73.